The molecule has 8 aliphatic heterocycles. The fourth-order valence-corrected chi connectivity index (χ4v) is 16.3. The van der Waals surface area contributed by atoms with Gasteiger partial charge in [0.1, 0.15) is 89.5 Å². The third-order valence-corrected chi connectivity index (χ3v) is 23.0. The third-order valence-electron chi connectivity index (χ3n) is 22.4. The summed E-state index contributed by atoms with van der Waals surface area (Å²) in [6, 6.07) is 9.58. The van der Waals surface area contributed by atoms with Gasteiger partial charge in [0.05, 0.1) is 53.5 Å². The van der Waals surface area contributed by atoms with Crippen molar-refractivity contribution in [3.8, 4) is 57.1 Å². The van der Waals surface area contributed by atoms with E-state index in [1.807, 2.05) is 44.2 Å². The minimum atomic E-state index is -2.38. The zero-order valence-corrected chi connectivity index (χ0v) is 68.3. The normalized spacial score (nSPS) is 30.4. The number of halogens is 2. The molecule has 0 aliphatic carbocycles. The third kappa shape index (κ3) is 20.2. The molecule has 0 spiro atoms. The molecule has 11 bridgehead atoms. The number of carbonyl (C=O) groups is 8. The first-order valence-corrected chi connectivity index (χ1v) is 40.1. The maximum atomic E-state index is 16.5. The molecule has 0 radical (unpaired) electrons. The van der Waals surface area contributed by atoms with Crippen LogP contribution in [0.3, 0.4) is 0 Å². The van der Waals surface area contributed by atoms with Crippen molar-refractivity contribution in [2.45, 2.75) is 220 Å². The summed E-state index contributed by atoms with van der Waals surface area (Å²) < 4.78 is 52.8. The number of nitrogens with two attached hydrogens (primary N) is 2. The zero-order chi connectivity index (χ0) is 87.5. The van der Waals surface area contributed by atoms with Gasteiger partial charge < -0.3 is 143 Å². The summed E-state index contributed by atoms with van der Waals surface area (Å²) in [6.45, 7) is 9.38. The van der Waals surface area contributed by atoms with Gasteiger partial charge in [-0.15, -0.1) is 0 Å². The number of nitrogens with one attached hydrogen (secondary N) is 8. The van der Waals surface area contributed by atoms with E-state index < -0.39 is 261 Å². The second-order valence-corrected chi connectivity index (χ2v) is 32.8. The number of aromatic hydroxyl groups is 3. The van der Waals surface area contributed by atoms with Gasteiger partial charge in [-0.2, -0.15) is 0 Å². The standard InChI is InChI=1S/C83H100Cl2N10O26/c1-35(2)23-48(88-7)74(106)94-64-66(101)40-17-20-52(46(84)25-40)116-54-27-42-28-55(70(54)121-81-71(68(103)67(102)56(34-96)118-81)120-59-33-83(6,73(105)37(4)115-59)89-22-12-11-15-38-13-9-8-10-14-38)117-53-21-18-41(26-47(53)85)69(119-58-32-82(5,87)72(104)36(3)114-58)65-79(111)93-63(80(112)113)45-29-43(97)30-51(99)60(45)44-24-39(16-19-50(44)98)61(76(108)95-65)92-77(109)62(42)91-75(107)49(31-57(86)100)90-78(64)110/h8-10,13-14,16-21,24-30,35-37,48-49,56,58-59,61-69,71-73,81,88-89,96-99,101-105H,11-12,15,22-23,31-34,87H2,1-7H3,(H2,86,100)(H,90,110)(H,91,107)(H,92,109)(H,93,111)(H,94,106)(H,95,108)(H,112,113)/t36-,37-,48+,49-,56+,58-,59-,61+,62+,63-,64+,65-,66+,67+,68-,69+,71+,72-,73-,81-,82-,83-/m0/s1. The van der Waals surface area contributed by atoms with Gasteiger partial charge in [0, 0.05) is 46.7 Å². The number of phenolic OH excluding ortho intramolecular Hbond substituents is 3. The quantitative estimate of drug-likeness (QED) is 0.0461. The van der Waals surface area contributed by atoms with E-state index in [4.69, 9.17) is 72.6 Å². The summed E-state index contributed by atoms with van der Waals surface area (Å²) in [5.74, 6) is -16.0. The van der Waals surface area contributed by atoms with Crippen molar-refractivity contribution in [2.75, 3.05) is 20.2 Å². The number of rotatable bonds is 21. The predicted molar refractivity (Wildman–Crippen MR) is 429 cm³/mol. The van der Waals surface area contributed by atoms with Crippen LogP contribution in [0.5, 0.6) is 46.0 Å². The van der Waals surface area contributed by atoms with Gasteiger partial charge in [-0.05, 0) is 155 Å². The summed E-state index contributed by atoms with van der Waals surface area (Å²) in [7, 11) is 1.48. The van der Waals surface area contributed by atoms with E-state index in [2.05, 4.69) is 42.5 Å². The largest absolute Gasteiger partial charge is 0.508 e. The number of carboxylic acid groups (broad SMARTS) is 1. The maximum Gasteiger partial charge on any atom is 0.330 e. The van der Waals surface area contributed by atoms with Crippen LogP contribution in [0.4, 0.5) is 0 Å². The lowest BCUT2D eigenvalue weighted by Crippen LogP contribution is -2.65. The number of phenols is 3. The van der Waals surface area contributed by atoms with Crippen LogP contribution in [0.25, 0.3) is 11.1 Å². The van der Waals surface area contributed by atoms with E-state index in [0.717, 1.165) is 66.9 Å². The Bertz CT molecular complexity index is 4860. The molecule has 22 N–H and O–H groups in total. The van der Waals surface area contributed by atoms with Gasteiger partial charge in [-0.3, -0.25) is 33.6 Å². The molecule has 3 fully saturated rings. The number of aliphatic hydroxyl groups is 6. The van der Waals surface area contributed by atoms with Crippen LogP contribution in [-0.2, 0) is 68.5 Å². The molecule has 0 unspecified atom stereocenters. The van der Waals surface area contributed by atoms with Crippen LogP contribution in [0, 0.1) is 5.92 Å². The lowest BCUT2D eigenvalue weighted by atomic mass is 9.84. The van der Waals surface area contributed by atoms with Crippen LogP contribution in [0.1, 0.15) is 144 Å². The monoisotopic (exact) mass is 1720 g/mol. The zero-order valence-electron chi connectivity index (χ0n) is 66.8. The molecule has 36 nitrogen and oxygen atoms in total. The SMILES string of the molecule is CN[C@H](CC(C)C)C(=O)N[C@H]1C(=O)N[C@@H](CC(N)=O)C(=O)N[C@H]2C(=O)N[C@H]3C(=O)N[C@H](C(=O)N[C@H](C(=O)O)c4cc(O)cc(O)c4-c4cc3ccc4O)[C@H](O[C@H]3C[C@](C)(N)[C@@H](O)[C@H](C)O3)c3ccc(c(Cl)c3)Oc3cc2cc(c3O[C@@H]2O[C@H](CO)[C@@H](O)[C@H](O)[C@H]2O[C@H]2C[C@](C)(NCCCCc3ccccc3)[C@@H](O)[C@H](C)O2)Oc2ccc(cc2Cl)[C@H]1O. The summed E-state index contributed by atoms with van der Waals surface area (Å²) in [6.07, 6.45) is -20.3. The second kappa shape index (κ2) is 37.7. The van der Waals surface area contributed by atoms with Gasteiger partial charge in [0.15, 0.2) is 36.2 Å². The van der Waals surface area contributed by atoms with Crippen molar-refractivity contribution in [1.29, 1.82) is 0 Å². The Hall–Kier alpha value is -10.1. The molecule has 8 heterocycles. The minimum Gasteiger partial charge on any atom is -0.508 e. The molecule has 22 atom stereocenters. The molecule has 3 saturated heterocycles. The Labute approximate surface area is 704 Å². The first-order chi connectivity index (χ1) is 57.3. The lowest BCUT2D eigenvalue weighted by molar-refractivity contribution is -0.334. The maximum absolute atomic E-state index is 16.5. The number of fused-ring (bicyclic) bond motifs is 15. The topological polar surface area (TPSA) is 561 Å². The first kappa shape index (κ1) is 90.1. The summed E-state index contributed by atoms with van der Waals surface area (Å²) in [4.78, 5) is 121. The summed E-state index contributed by atoms with van der Waals surface area (Å²) >= 11 is 14.6. The summed E-state index contributed by atoms with van der Waals surface area (Å²) in [5, 5.41) is 137. The Kier molecular flexibility index (Phi) is 28.1. The van der Waals surface area contributed by atoms with E-state index in [1.54, 1.807) is 13.8 Å². The van der Waals surface area contributed by atoms with Crippen molar-refractivity contribution in [2.24, 2.45) is 17.4 Å². The van der Waals surface area contributed by atoms with E-state index in [0.29, 0.717) is 13.0 Å². The number of hydrogen-bond donors (Lipinski definition) is 20. The summed E-state index contributed by atoms with van der Waals surface area (Å²) in [5.41, 5.74) is 8.26. The van der Waals surface area contributed by atoms with Gasteiger partial charge in [0.25, 0.3) is 0 Å². The molecular formula is C83H100Cl2N10O26. The highest BCUT2D eigenvalue weighted by Gasteiger charge is 2.53. The smallest absolute Gasteiger partial charge is 0.330 e. The number of ether oxygens (including phenoxy) is 8. The Morgan fingerprint density at radius 3 is 1.91 bits per heavy atom. The van der Waals surface area contributed by atoms with Crippen LogP contribution in [-0.4, -0.2) is 222 Å². The molecule has 8 aliphatic rings. The number of aliphatic hydroxyl groups excluding tert-OH is 6. The number of amides is 7. The van der Waals surface area contributed by atoms with Gasteiger partial charge in [-0.25, -0.2) is 4.79 Å². The Morgan fingerprint density at radius 2 is 1.28 bits per heavy atom. The number of primary amides is 1. The number of aryl methyl sites for hydroxylation is 1. The molecule has 0 aromatic heterocycles. The van der Waals surface area contributed by atoms with Crippen molar-refractivity contribution < 1.29 is 127 Å². The van der Waals surface area contributed by atoms with Crippen LogP contribution < -0.4 is 68.2 Å². The second-order valence-electron chi connectivity index (χ2n) is 32.0. The average molecular weight is 1720 g/mol. The molecule has 652 valence electrons. The van der Waals surface area contributed by atoms with Crippen molar-refractivity contribution in [3.63, 3.8) is 0 Å². The Balaban J connectivity index is 1.08. The van der Waals surface area contributed by atoms with Crippen LogP contribution in [0.2, 0.25) is 10.0 Å². The highest BCUT2D eigenvalue weighted by atomic mass is 35.5. The number of carboxylic acids is 1. The minimum absolute atomic E-state index is 0.113. The molecular weight excluding hydrogens is 1620 g/mol. The fraction of sp³-hybridized carbons (Fsp3) is 0.470. The fourth-order valence-electron chi connectivity index (χ4n) is 15.9. The van der Waals surface area contributed by atoms with Crippen molar-refractivity contribution in [3.05, 3.63) is 153 Å². The van der Waals surface area contributed by atoms with Crippen LogP contribution in [0.15, 0.2) is 109 Å². The van der Waals surface area contributed by atoms with E-state index >= 15 is 24.0 Å². The van der Waals surface area contributed by atoms with Gasteiger partial charge >= 0.3 is 5.97 Å². The molecule has 6 aromatic rings. The number of carbonyl (C=O) groups excluding carboxylic acids is 7. The lowest BCUT2D eigenvalue weighted by Gasteiger charge is -2.48. The number of likely N-dealkylation sites (N-methyl/N-ethyl adjacent to an activating group) is 1. The number of aliphatic carboxylic acids is 1. The van der Waals surface area contributed by atoms with Crippen LogP contribution >= 0.6 is 23.2 Å². The van der Waals surface area contributed by atoms with E-state index in [9.17, 15) is 65.4 Å². The first-order valence-electron chi connectivity index (χ1n) is 39.4. The van der Waals surface area contributed by atoms with Crippen molar-refractivity contribution in [1.82, 2.24) is 42.5 Å². The number of unbranched alkanes of at least 4 members (excludes halogenated alkanes) is 1. The molecule has 7 amide bonds. The highest BCUT2D eigenvalue weighted by molar-refractivity contribution is 6.32. The van der Waals surface area contributed by atoms with Gasteiger partial charge in [0.2, 0.25) is 53.4 Å². The van der Waals surface area contributed by atoms with E-state index in [-0.39, 0.29) is 52.6 Å². The number of hydrogen-bond acceptors (Lipinski definition) is 28. The average Bonchev–Trinajstić information content (AvgIpc) is 0.786. The molecule has 38 heteroatoms. The predicted octanol–water partition coefficient (Wildman–Crippen LogP) is 3.00. The van der Waals surface area contributed by atoms with Crippen molar-refractivity contribution >= 4 is 70.5 Å². The molecule has 14 rings (SSSR count). The molecule has 121 heavy (non-hydrogen) atoms. The van der Waals surface area contributed by atoms with E-state index in [1.165, 1.54) is 51.2 Å². The molecule has 6 aromatic carbocycles. The Morgan fingerprint density at radius 1 is 0.661 bits per heavy atom. The van der Waals surface area contributed by atoms with Gasteiger partial charge in [-0.1, -0.05) is 85.6 Å². The highest BCUT2D eigenvalue weighted by Crippen LogP contribution is 2.51. The number of benzene rings is 6. The molecule has 0 saturated carbocycles.